The van der Waals surface area contributed by atoms with Crippen LogP contribution in [0.4, 0.5) is 0 Å². The van der Waals surface area contributed by atoms with Crippen LogP contribution in [0.5, 0.6) is 11.5 Å². The third-order valence-corrected chi connectivity index (χ3v) is 3.22. The molecule has 1 unspecified atom stereocenters. The van der Waals surface area contributed by atoms with E-state index in [-0.39, 0.29) is 12.7 Å². The number of aryl methyl sites for hydroxylation is 1. The quantitative estimate of drug-likeness (QED) is 0.818. The van der Waals surface area contributed by atoms with Crippen LogP contribution in [-0.2, 0) is 6.42 Å². The van der Waals surface area contributed by atoms with Crippen molar-refractivity contribution in [2.75, 3.05) is 13.7 Å². The Balaban J connectivity index is 2.30. The first-order valence-corrected chi connectivity index (χ1v) is 6.33. The van der Waals surface area contributed by atoms with Crippen molar-refractivity contribution in [1.82, 2.24) is 0 Å². The molecular formula is C15H20O3. The lowest BCUT2D eigenvalue weighted by molar-refractivity contribution is 0.115. The predicted octanol–water partition coefficient (Wildman–Crippen LogP) is 2.72. The average Bonchev–Trinajstić information content (AvgIpc) is 2.46. The van der Waals surface area contributed by atoms with Crippen LogP contribution in [-0.4, -0.2) is 24.9 Å². The second kappa shape index (κ2) is 5.91. The highest BCUT2D eigenvalue weighted by atomic mass is 16.5. The zero-order valence-corrected chi connectivity index (χ0v) is 11.0. The number of ether oxygens (including phenoxy) is 2. The van der Waals surface area contributed by atoms with Crippen molar-refractivity contribution in [2.24, 2.45) is 0 Å². The normalized spacial score (nSPS) is 22.6. The van der Waals surface area contributed by atoms with Crippen LogP contribution in [0.1, 0.15) is 25.3 Å². The molecule has 1 N–H and O–H groups in total. The number of hydrogen-bond donors (Lipinski definition) is 1. The van der Waals surface area contributed by atoms with Crippen LogP contribution in [0.3, 0.4) is 0 Å². The van der Waals surface area contributed by atoms with Gasteiger partial charge >= 0.3 is 0 Å². The molecule has 0 bridgehead atoms. The maximum absolute atomic E-state index is 9.37. The molecule has 0 fully saturated rings. The molecule has 0 amide bonds. The number of hydrogen-bond acceptors (Lipinski definition) is 3. The average molecular weight is 248 g/mol. The molecule has 0 aliphatic carbocycles. The number of fused-ring (bicyclic) bond motifs is 1. The summed E-state index contributed by atoms with van der Waals surface area (Å²) in [7, 11) is 1.66. The molecule has 0 spiro atoms. The number of benzene rings is 1. The van der Waals surface area contributed by atoms with Crippen molar-refractivity contribution < 1.29 is 14.6 Å². The molecule has 18 heavy (non-hydrogen) atoms. The summed E-state index contributed by atoms with van der Waals surface area (Å²) in [6, 6.07) is 5.83. The Kier molecular flexibility index (Phi) is 4.26. The van der Waals surface area contributed by atoms with E-state index in [0.29, 0.717) is 0 Å². The van der Waals surface area contributed by atoms with Crippen LogP contribution < -0.4 is 9.47 Å². The number of methoxy groups -OCH3 is 1. The summed E-state index contributed by atoms with van der Waals surface area (Å²) in [6.07, 6.45) is 4.77. The van der Waals surface area contributed by atoms with Gasteiger partial charge in [0.2, 0.25) is 0 Å². The lowest BCUT2D eigenvalue weighted by Gasteiger charge is -2.18. The maximum atomic E-state index is 9.37. The second-order valence-electron chi connectivity index (χ2n) is 4.69. The molecule has 1 aromatic rings. The Morgan fingerprint density at radius 2 is 2.28 bits per heavy atom. The molecular weight excluding hydrogens is 228 g/mol. The lowest BCUT2D eigenvalue weighted by Crippen LogP contribution is -2.21. The summed E-state index contributed by atoms with van der Waals surface area (Å²) in [4.78, 5) is 0. The van der Waals surface area contributed by atoms with Gasteiger partial charge < -0.3 is 14.6 Å². The van der Waals surface area contributed by atoms with Gasteiger partial charge in [0, 0.05) is 6.42 Å². The van der Waals surface area contributed by atoms with Crippen LogP contribution in [0.25, 0.3) is 0 Å². The third kappa shape index (κ3) is 3.05. The molecule has 0 aromatic heterocycles. The summed E-state index contributed by atoms with van der Waals surface area (Å²) < 4.78 is 11.1. The zero-order valence-electron chi connectivity index (χ0n) is 11.0. The molecule has 1 heterocycles. The minimum atomic E-state index is -0.161. The number of aliphatic hydroxyl groups is 1. The van der Waals surface area contributed by atoms with Gasteiger partial charge in [0.25, 0.3) is 0 Å². The molecule has 1 aliphatic heterocycles. The minimum absolute atomic E-state index is 0.0383. The SMILES string of the molecule is COc1ccc2c(c1)CC/C=C(/C)CC(CO)O2. The lowest BCUT2D eigenvalue weighted by atomic mass is 10.1. The van der Waals surface area contributed by atoms with Crippen molar-refractivity contribution >= 4 is 0 Å². The van der Waals surface area contributed by atoms with Gasteiger partial charge in [-0.05, 0) is 43.5 Å². The van der Waals surface area contributed by atoms with E-state index in [1.165, 1.54) is 5.57 Å². The van der Waals surface area contributed by atoms with Gasteiger partial charge in [-0.15, -0.1) is 0 Å². The molecule has 1 atom stereocenters. The van der Waals surface area contributed by atoms with Gasteiger partial charge in [0.1, 0.15) is 17.6 Å². The van der Waals surface area contributed by atoms with E-state index in [0.717, 1.165) is 36.3 Å². The predicted molar refractivity (Wildman–Crippen MR) is 71.2 cm³/mol. The first kappa shape index (κ1) is 13.0. The minimum Gasteiger partial charge on any atom is -0.497 e. The van der Waals surface area contributed by atoms with Crippen molar-refractivity contribution in [3.8, 4) is 11.5 Å². The molecule has 3 heteroatoms. The van der Waals surface area contributed by atoms with Crippen LogP contribution in [0.2, 0.25) is 0 Å². The van der Waals surface area contributed by atoms with Crippen LogP contribution >= 0.6 is 0 Å². The maximum Gasteiger partial charge on any atom is 0.125 e. The second-order valence-corrected chi connectivity index (χ2v) is 4.69. The van der Waals surface area contributed by atoms with Gasteiger partial charge in [0.05, 0.1) is 13.7 Å². The molecule has 2 rings (SSSR count). The monoisotopic (exact) mass is 248 g/mol. The summed E-state index contributed by atoms with van der Waals surface area (Å²) in [5.74, 6) is 1.70. The highest BCUT2D eigenvalue weighted by molar-refractivity contribution is 5.41. The summed E-state index contributed by atoms with van der Waals surface area (Å²) in [5, 5.41) is 9.37. The number of allylic oxidation sites excluding steroid dienone is 1. The first-order valence-electron chi connectivity index (χ1n) is 6.33. The Hall–Kier alpha value is -1.48. The van der Waals surface area contributed by atoms with Gasteiger partial charge in [-0.25, -0.2) is 0 Å². The van der Waals surface area contributed by atoms with Crippen molar-refractivity contribution in [3.63, 3.8) is 0 Å². The molecule has 1 aliphatic rings. The highest BCUT2D eigenvalue weighted by Crippen LogP contribution is 2.28. The zero-order chi connectivity index (χ0) is 13.0. The Morgan fingerprint density at radius 1 is 1.44 bits per heavy atom. The van der Waals surface area contributed by atoms with Gasteiger partial charge in [-0.2, -0.15) is 0 Å². The van der Waals surface area contributed by atoms with E-state index in [9.17, 15) is 5.11 Å². The smallest absolute Gasteiger partial charge is 0.125 e. The van der Waals surface area contributed by atoms with Gasteiger partial charge in [0.15, 0.2) is 0 Å². The van der Waals surface area contributed by atoms with Crippen LogP contribution in [0, 0.1) is 0 Å². The van der Waals surface area contributed by atoms with E-state index < -0.39 is 0 Å². The molecule has 98 valence electrons. The first-order chi connectivity index (χ1) is 8.72. The third-order valence-electron chi connectivity index (χ3n) is 3.22. The largest absolute Gasteiger partial charge is 0.497 e. The molecule has 0 saturated carbocycles. The topological polar surface area (TPSA) is 38.7 Å². The fourth-order valence-corrected chi connectivity index (χ4v) is 2.23. The standard InChI is InChI=1S/C15H20O3/c1-11-4-3-5-12-9-13(17-2)6-7-15(12)18-14(8-11)10-16/h4,6-7,9,14,16H,3,5,8,10H2,1-2H3/b11-4-. The molecule has 0 radical (unpaired) electrons. The highest BCUT2D eigenvalue weighted by Gasteiger charge is 2.15. The molecule has 0 saturated heterocycles. The fourth-order valence-electron chi connectivity index (χ4n) is 2.23. The van der Waals surface area contributed by atoms with Crippen LogP contribution in [0.15, 0.2) is 29.8 Å². The van der Waals surface area contributed by atoms with E-state index in [4.69, 9.17) is 9.47 Å². The summed E-state index contributed by atoms with van der Waals surface area (Å²) >= 11 is 0. The van der Waals surface area contributed by atoms with E-state index in [2.05, 4.69) is 13.0 Å². The Labute approximate surface area is 108 Å². The summed E-state index contributed by atoms with van der Waals surface area (Å²) in [6.45, 7) is 2.12. The number of aliphatic hydroxyl groups excluding tert-OH is 1. The van der Waals surface area contributed by atoms with Gasteiger partial charge in [-0.1, -0.05) is 11.6 Å². The Bertz CT molecular complexity index is 437. The van der Waals surface area contributed by atoms with Crippen molar-refractivity contribution in [2.45, 2.75) is 32.3 Å². The van der Waals surface area contributed by atoms with E-state index >= 15 is 0 Å². The van der Waals surface area contributed by atoms with Gasteiger partial charge in [-0.3, -0.25) is 0 Å². The number of rotatable bonds is 2. The molecule has 3 nitrogen and oxygen atoms in total. The Morgan fingerprint density at radius 3 is 3.00 bits per heavy atom. The summed E-state index contributed by atoms with van der Waals surface area (Å²) in [5.41, 5.74) is 2.41. The van der Waals surface area contributed by atoms with E-state index in [1.54, 1.807) is 7.11 Å². The molecule has 1 aromatic carbocycles. The van der Waals surface area contributed by atoms with Crippen molar-refractivity contribution in [3.05, 3.63) is 35.4 Å². The fraction of sp³-hybridized carbons (Fsp3) is 0.467. The van der Waals surface area contributed by atoms with E-state index in [1.807, 2.05) is 18.2 Å². The van der Waals surface area contributed by atoms with Crippen molar-refractivity contribution in [1.29, 1.82) is 0 Å².